The Bertz CT molecular complexity index is 1220. The smallest absolute Gasteiger partial charge is 0.257 e. The van der Waals surface area contributed by atoms with Crippen LogP contribution >= 0.6 is 0 Å². The van der Waals surface area contributed by atoms with E-state index in [0.717, 1.165) is 0 Å². The van der Waals surface area contributed by atoms with Gasteiger partial charge in [-0.1, -0.05) is 0 Å². The third-order valence-electron chi connectivity index (χ3n) is 4.88. The van der Waals surface area contributed by atoms with E-state index in [0.29, 0.717) is 51.0 Å². The van der Waals surface area contributed by atoms with Crippen LogP contribution < -0.4 is 18.9 Å². The van der Waals surface area contributed by atoms with Crippen LogP contribution in [0.5, 0.6) is 23.1 Å². The largest absolute Gasteiger partial charge is 0.495 e. The molecular formula is C23H22N4O5. The molecule has 4 aromatic rings. The zero-order chi connectivity index (χ0) is 22.5. The maximum absolute atomic E-state index is 11.0. The van der Waals surface area contributed by atoms with Crippen molar-refractivity contribution in [1.29, 1.82) is 0 Å². The predicted octanol–water partition coefficient (Wildman–Crippen LogP) is 3.11. The molecule has 0 aliphatic rings. The van der Waals surface area contributed by atoms with Crippen LogP contribution in [0.25, 0.3) is 11.0 Å². The molecule has 0 aromatic carbocycles. The minimum Gasteiger partial charge on any atom is -0.495 e. The third kappa shape index (κ3) is 4.37. The molecule has 0 fully saturated rings. The summed E-state index contributed by atoms with van der Waals surface area (Å²) in [6.45, 7) is 0.204. The van der Waals surface area contributed by atoms with Gasteiger partial charge in [-0.25, -0.2) is 4.98 Å². The molecule has 32 heavy (non-hydrogen) atoms. The lowest BCUT2D eigenvalue weighted by atomic mass is 10.0. The van der Waals surface area contributed by atoms with Gasteiger partial charge in [0.1, 0.15) is 24.2 Å². The molecular weight excluding hydrogens is 412 g/mol. The first-order valence-corrected chi connectivity index (χ1v) is 9.75. The highest BCUT2D eigenvalue weighted by atomic mass is 16.5. The number of hydrogen-bond donors (Lipinski definition) is 1. The Kier molecular flexibility index (Phi) is 6.27. The lowest BCUT2D eigenvalue weighted by Crippen LogP contribution is -2.06. The molecule has 0 radical (unpaired) electrons. The van der Waals surface area contributed by atoms with Gasteiger partial charge in [0, 0.05) is 29.6 Å². The van der Waals surface area contributed by atoms with E-state index in [1.165, 1.54) is 7.11 Å². The fourth-order valence-corrected chi connectivity index (χ4v) is 3.15. The Labute approximate surface area is 184 Å². The first kappa shape index (κ1) is 21.3. The topological polar surface area (TPSA) is 109 Å². The number of aliphatic hydroxyl groups is 1. The molecule has 0 bridgehead atoms. The van der Waals surface area contributed by atoms with Gasteiger partial charge >= 0.3 is 0 Å². The number of rotatable bonds is 8. The summed E-state index contributed by atoms with van der Waals surface area (Å²) in [6.07, 6.45) is 5.38. The number of ether oxygens (including phenoxy) is 4. The van der Waals surface area contributed by atoms with Gasteiger partial charge in [-0.05, 0) is 24.3 Å². The number of aromatic nitrogens is 4. The van der Waals surface area contributed by atoms with Crippen LogP contribution in [0, 0.1) is 0 Å². The van der Waals surface area contributed by atoms with Crippen molar-refractivity contribution in [3.63, 3.8) is 0 Å². The van der Waals surface area contributed by atoms with Crippen LogP contribution in [0.2, 0.25) is 0 Å². The summed E-state index contributed by atoms with van der Waals surface area (Å²) in [5.74, 6) is 1.94. The number of pyridine rings is 4. The fourth-order valence-electron chi connectivity index (χ4n) is 3.15. The minimum atomic E-state index is -0.986. The maximum Gasteiger partial charge on any atom is 0.257 e. The minimum absolute atomic E-state index is 0.204. The van der Waals surface area contributed by atoms with E-state index in [2.05, 4.69) is 19.9 Å². The van der Waals surface area contributed by atoms with Crippen LogP contribution in [0.15, 0.2) is 55.1 Å². The molecule has 0 saturated heterocycles. The maximum atomic E-state index is 11.0. The second-order valence-electron chi connectivity index (χ2n) is 6.80. The highest BCUT2D eigenvalue weighted by molar-refractivity contribution is 5.79. The fraction of sp³-hybridized carbons (Fsp3) is 0.217. The summed E-state index contributed by atoms with van der Waals surface area (Å²) in [6, 6.07) is 8.78. The van der Waals surface area contributed by atoms with Gasteiger partial charge in [0.25, 0.3) is 5.88 Å². The summed E-state index contributed by atoms with van der Waals surface area (Å²) in [7, 11) is 4.66. The summed E-state index contributed by atoms with van der Waals surface area (Å²) in [5, 5.41) is 11.0. The SMILES string of the molecule is COc1ccc(COc2ncc(C(O)c3ccnc4cc(OC)cnc34)cc2OC)nc1. The molecule has 1 N–H and O–H groups in total. The average Bonchev–Trinajstić information content (AvgIpc) is 2.86. The monoisotopic (exact) mass is 434 g/mol. The second-order valence-corrected chi connectivity index (χ2v) is 6.80. The summed E-state index contributed by atoms with van der Waals surface area (Å²) in [5.41, 5.74) is 3.03. The Morgan fingerprint density at radius 1 is 0.844 bits per heavy atom. The van der Waals surface area contributed by atoms with Gasteiger partial charge < -0.3 is 24.1 Å². The Balaban J connectivity index is 1.57. The molecule has 164 valence electrons. The molecule has 0 spiro atoms. The molecule has 9 heteroatoms. The van der Waals surface area contributed by atoms with Crippen LogP contribution in [0.3, 0.4) is 0 Å². The van der Waals surface area contributed by atoms with E-state index in [4.69, 9.17) is 18.9 Å². The Morgan fingerprint density at radius 3 is 2.38 bits per heavy atom. The zero-order valence-corrected chi connectivity index (χ0v) is 17.8. The highest BCUT2D eigenvalue weighted by Gasteiger charge is 2.19. The van der Waals surface area contributed by atoms with Gasteiger partial charge in [0.05, 0.1) is 50.5 Å². The third-order valence-corrected chi connectivity index (χ3v) is 4.88. The molecule has 4 aromatic heterocycles. The number of hydrogen-bond acceptors (Lipinski definition) is 9. The van der Waals surface area contributed by atoms with Crippen molar-refractivity contribution in [2.45, 2.75) is 12.7 Å². The van der Waals surface area contributed by atoms with Gasteiger partial charge in [-0.3, -0.25) is 15.0 Å². The standard InChI is InChI=1S/C23H22N4O5/c1-29-16-5-4-15(25-11-16)13-32-23-20(31-3)8-14(10-27-23)22(28)18-6-7-24-19-9-17(30-2)12-26-21(18)19/h4-12,22,28H,13H2,1-3H3. The van der Waals surface area contributed by atoms with Gasteiger partial charge in [-0.15, -0.1) is 0 Å². The van der Waals surface area contributed by atoms with Crippen molar-refractivity contribution in [3.8, 4) is 23.1 Å². The van der Waals surface area contributed by atoms with Crippen molar-refractivity contribution < 1.29 is 24.1 Å². The van der Waals surface area contributed by atoms with Crippen molar-refractivity contribution in [2.75, 3.05) is 21.3 Å². The summed E-state index contributed by atoms with van der Waals surface area (Å²) in [4.78, 5) is 17.3. The van der Waals surface area contributed by atoms with Crippen molar-refractivity contribution >= 4 is 11.0 Å². The lowest BCUT2D eigenvalue weighted by molar-refractivity contribution is 0.219. The summed E-state index contributed by atoms with van der Waals surface area (Å²) >= 11 is 0. The summed E-state index contributed by atoms with van der Waals surface area (Å²) < 4.78 is 21.5. The average molecular weight is 434 g/mol. The van der Waals surface area contributed by atoms with Crippen molar-refractivity contribution in [2.24, 2.45) is 0 Å². The Morgan fingerprint density at radius 2 is 1.66 bits per heavy atom. The number of methoxy groups -OCH3 is 3. The molecule has 0 saturated carbocycles. The number of aliphatic hydroxyl groups excluding tert-OH is 1. The molecule has 1 unspecified atom stereocenters. The second kappa shape index (κ2) is 9.44. The van der Waals surface area contributed by atoms with E-state index in [-0.39, 0.29) is 6.61 Å². The van der Waals surface area contributed by atoms with Gasteiger partial charge in [0.2, 0.25) is 0 Å². The quantitative estimate of drug-likeness (QED) is 0.447. The van der Waals surface area contributed by atoms with Gasteiger partial charge in [0.15, 0.2) is 5.75 Å². The van der Waals surface area contributed by atoms with E-state index in [1.807, 2.05) is 0 Å². The van der Waals surface area contributed by atoms with E-state index >= 15 is 0 Å². The van der Waals surface area contributed by atoms with Crippen molar-refractivity contribution in [1.82, 2.24) is 19.9 Å². The van der Waals surface area contributed by atoms with E-state index < -0.39 is 6.10 Å². The van der Waals surface area contributed by atoms with Crippen LogP contribution in [0.1, 0.15) is 22.9 Å². The number of fused-ring (bicyclic) bond motifs is 1. The Hall–Kier alpha value is -3.98. The first-order valence-electron chi connectivity index (χ1n) is 9.75. The molecule has 4 heterocycles. The van der Waals surface area contributed by atoms with Crippen LogP contribution in [-0.4, -0.2) is 46.4 Å². The van der Waals surface area contributed by atoms with Crippen LogP contribution in [-0.2, 0) is 6.61 Å². The van der Waals surface area contributed by atoms with Crippen LogP contribution in [0.4, 0.5) is 0 Å². The molecule has 0 amide bonds. The normalized spacial score (nSPS) is 11.8. The van der Waals surface area contributed by atoms with E-state index in [9.17, 15) is 5.11 Å². The lowest BCUT2D eigenvalue weighted by Gasteiger charge is -2.16. The predicted molar refractivity (Wildman–Crippen MR) is 116 cm³/mol. The van der Waals surface area contributed by atoms with Crippen molar-refractivity contribution in [3.05, 3.63) is 71.9 Å². The molecule has 4 rings (SSSR count). The molecule has 9 nitrogen and oxygen atoms in total. The zero-order valence-electron chi connectivity index (χ0n) is 17.8. The number of nitrogens with zero attached hydrogens (tertiary/aromatic N) is 4. The van der Waals surface area contributed by atoms with E-state index in [1.54, 1.807) is 69.3 Å². The van der Waals surface area contributed by atoms with Gasteiger partial charge in [-0.2, -0.15) is 0 Å². The highest BCUT2D eigenvalue weighted by Crippen LogP contribution is 2.33. The molecule has 1 atom stereocenters. The first-order chi connectivity index (χ1) is 15.6. The molecule has 0 aliphatic heterocycles. The molecule has 0 aliphatic carbocycles.